The Bertz CT molecular complexity index is 635. The van der Waals surface area contributed by atoms with Crippen LogP contribution in [0.1, 0.15) is 12.8 Å². The number of aromatic nitrogens is 2. The van der Waals surface area contributed by atoms with Gasteiger partial charge in [0.2, 0.25) is 5.91 Å². The first-order valence-corrected chi connectivity index (χ1v) is 8.32. The van der Waals surface area contributed by atoms with Gasteiger partial charge in [0.1, 0.15) is 5.75 Å². The lowest BCUT2D eigenvalue weighted by Gasteiger charge is -2.08. The first kappa shape index (κ1) is 15.0. The van der Waals surface area contributed by atoms with Gasteiger partial charge < -0.3 is 10.1 Å². The van der Waals surface area contributed by atoms with Crippen LogP contribution in [0.2, 0.25) is 0 Å². The first-order valence-electron chi connectivity index (χ1n) is 7.33. The minimum absolute atomic E-state index is 0.0705. The number of imidazole rings is 1. The standard InChI is InChI=1S/C16H19N3O2S/c1-21-14-6-4-13(5-7-14)19-9-8-17-16(19)22-11-15(20)18-10-12-2-3-12/h4-9,12H,2-3,10-11H2,1H3,(H,18,20). The fourth-order valence-electron chi connectivity index (χ4n) is 2.10. The number of benzene rings is 1. The number of carbonyl (C=O) groups is 1. The quantitative estimate of drug-likeness (QED) is 0.797. The lowest BCUT2D eigenvalue weighted by molar-refractivity contribution is -0.118. The topological polar surface area (TPSA) is 56.2 Å². The summed E-state index contributed by atoms with van der Waals surface area (Å²) < 4.78 is 7.13. The second-order valence-electron chi connectivity index (χ2n) is 5.31. The largest absolute Gasteiger partial charge is 0.497 e. The molecule has 1 N–H and O–H groups in total. The predicted octanol–water partition coefficient (Wildman–Crippen LogP) is 2.50. The second-order valence-corrected chi connectivity index (χ2v) is 6.26. The number of amides is 1. The molecule has 0 bridgehead atoms. The second kappa shape index (κ2) is 6.87. The molecule has 1 saturated carbocycles. The molecule has 0 atom stereocenters. The number of nitrogens with zero attached hydrogens (tertiary/aromatic N) is 2. The van der Waals surface area contributed by atoms with Crippen molar-refractivity contribution in [2.45, 2.75) is 18.0 Å². The van der Waals surface area contributed by atoms with E-state index in [0.717, 1.165) is 23.1 Å². The zero-order valence-corrected chi connectivity index (χ0v) is 13.3. The van der Waals surface area contributed by atoms with Gasteiger partial charge in [-0.15, -0.1) is 0 Å². The van der Waals surface area contributed by atoms with Crippen LogP contribution >= 0.6 is 11.8 Å². The van der Waals surface area contributed by atoms with E-state index in [0.29, 0.717) is 11.7 Å². The van der Waals surface area contributed by atoms with Crippen molar-refractivity contribution in [2.24, 2.45) is 5.92 Å². The van der Waals surface area contributed by atoms with Gasteiger partial charge in [0.05, 0.1) is 12.9 Å². The number of hydrogen-bond acceptors (Lipinski definition) is 4. The number of methoxy groups -OCH3 is 1. The van der Waals surface area contributed by atoms with Crippen LogP contribution in [0.25, 0.3) is 5.69 Å². The van der Waals surface area contributed by atoms with Crippen LogP contribution < -0.4 is 10.1 Å². The van der Waals surface area contributed by atoms with E-state index in [2.05, 4.69) is 10.3 Å². The molecule has 0 saturated heterocycles. The van der Waals surface area contributed by atoms with Crippen LogP contribution in [-0.4, -0.2) is 34.9 Å². The highest BCUT2D eigenvalue weighted by Crippen LogP contribution is 2.27. The van der Waals surface area contributed by atoms with E-state index in [1.807, 2.05) is 35.0 Å². The van der Waals surface area contributed by atoms with Gasteiger partial charge in [0, 0.05) is 24.6 Å². The van der Waals surface area contributed by atoms with Crippen molar-refractivity contribution in [3.05, 3.63) is 36.7 Å². The molecule has 0 radical (unpaired) electrons. The Balaban J connectivity index is 1.59. The van der Waals surface area contributed by atoms with Gasteiger partial charge in [-0.1, -0.05) is 11.8 Å². The number of nitrogens with one attached hydrogen (secondary N) is 1. The van der Waals surface area contributed by atoms with Crippen molar-refractivity contribution in [3.63, 3.8) is 0 Å². The first-order chi connectivity index (χ1) is 10.8. The molecule has 1 aromatic carbocycles. The molecule has 1 aromatic heterocycles. The third-order valence-electron chi connectivity index (χ3n) is 3.57. The number of hydrogen-bond donors (Lipinski definition) is 1. The molecule has 1 aliphatic carbocycles. The van der Waals surface area contributed by atoms with Crippen LogP contribution in [0.15, 0.2) is 41.8 Å². The lowest BCUT2D eigenvalue weighted by atomic mass is 10.3. The molecule has 1 fully saturated rings. The molecule has 2 aromatic rings. The van der Waals surface area contributed by atoms with Gasteiger partial charge in [-0.05, 0) is 43.0 Å². The summed E-state index contributed by atoms with van der Waals surface area (Å²) >= 11 is 1.45. The minimum Gasteiger partial charge on any atom is -0.497 e. The van der Waals surface area contributed by atoms with Crippen molar-refractivity contribution in [1.82, 2.24) is 14.9 Å². The van der Waals surface area contributed by atoms with E-state index in [-0.39, 0.29) is 5.91 Å². The maximum atomic E-state index is 11.8. The van der Waals surface area contributed by atoms with E-state index >= 15 is 0 Å². The molecule has 3 rings (SSSR count). The summed E-state index contributed by atoms with van der Waals surface area (Å²) in [5.74, 6) is 1.98. The monoisotopic (exact) mass is 317 g/mol. The number of carbonyl (C=O) groups excluding carboxylic acids is 1. The summed E-state index contributed by atoms with van der Waals surface area (Å²) in [6.45, 7) is 0.812. The molecule has 6 heteroatoms. The van der Waals surface area contributed by atoms with Gasteiger partial charge in [0.25, 0.3) is 0 Å². The fourth-order valence-corrected chi connectivity index (χ4v) is 2.90. The van der Waals surface area contributed by atoms with Crippen LogP contribution in [-0.2, 0) is 4.79 Å². The maximum Gasteiger partial charge on any atom is 0.230 e. The number of thioether (sulfide) groups is 1. The summed E-state index contributed by atoms with van der Waals surface area (Å²) in [5, 5.41) is 3.78. The van der Waals surface area contributed by atoms with Crippen LogP contribution in [0.4, 0.5) is 0 Å². The smallest absolute Gasteiger partial charge is 0.230 e. The number of ether oxygens (including phenoxy) is 1. The molecule has 0 spiro atoms. The van der Waals surface area contributed by atoms with Gasteiger partial charge in [-0.3, -0.25) is 9.36 Å². The van der Waals surface area contributed by atoms with Crippen LogP contribution in [0, 0.1) is 5.92 Å². The van der Waals surface area contributed by atoms with Gasteiger partial charge in [-0.2, -0.15) is 0 Å². The highest BCUT2D eigenvalue weighted by atomic mass is 32.2. The average molecular weight is 317 g/mol. The normalized spacial score (nSPS) is 13.9. The highest BCUT2D eigenvalue weighted by molar-refractivity contribution is 7.99. The Hall–Kier alpha value is -1.95. The van der Waals surface area contributed by atoms with E-state index < -0.39 is 0 Å². The van der Waals surface area contributed by atoms with Crippen molar-refractivity contribution in [1.29, 1.82) is 0 Å². The van der Waals surface area contributed by atoms with Gasteiger partial charge in [0.15, 0.2) is 5.16 Å². The van der Waals surface area contributed by atoms with Crippen molar-refractivity contribution in [2.75, 3.05) is 19.4 Å². The Kier molecular flexibility index (Phi) is 4.68. The summed E-state index contributed by atoms with van der Waals surface area (Å²) in [4.78, 5) is 16.1. The van der Waals surface area contributed by atoms with E-state index in [9.17, 15) is 4.79 Å². The minimum atomic E-state index is 0.0705. The summed E-state index contributed by atoms with van der Waals surface area (Å²) in [6.07, 6.45) is 6.13. The molecular formula is C16H19N3O2S. The zero-order chi connectivity index (χ0) is 15.4. The molecule has 116 valence electrons. The molecule has 1 heterocycles. The van der Waals surface area contributed by atoms with Crippen molar-refractivity contribution in [3.8, 4) is 11.4 Å². The number of rotatable bonds is 7. The summed E-state index contributed by atoms with van der Waals surface area (Å²) in [7, 11) is 1.65. The zero-order valence-electron chi connectivity index (χ0n) is 12.5. The third-order valence-corrected chi connectivity index (χ3v) is 4.54. The predicted molar refractivity (Wildman–Crippen MR) is 86.6 cm³/mol. The molecule has 1 aliphatic rings. The molecule has 0 aliphatic heterocycles. The van der Waals surface area contributed by atoms with E-state index in [1.54, 1.807) is 13.3 Å². The van der Waals surface area contributed by atoms with Crippen LogP contribution in [0.5, 0.6) is 5.75 Å². The molecular weight excluding hydrogens is 298 g/mol. The molecule has 0 unspecified atom stereocenters. The van der Waals surface area contributed by atoms with Gasteiger partial charge in [-0.25, -0.2) is 4.98 Å². The van der Waals surface area contributed by atoms with Crippen molar-refractivity contribution >= 4 is 17.7 Å². The van der Waals surface area contributed by atoms with E-state index in [1.165, 1.54) is 24.6 Å². The molecule has 5 nitrogen and oxygen atoms in total. The summed E-state index contributed by atoms with van der Waals surface area (Å²) in [5.41, 5.74) is 0.999. The molecule has 1 amide bonds. The SMILES string of the molecule is COc1ccc(-n2ccnc2SCC(=O)NCC2CC2)cc1. The Labute approximate surface area is 134 Å². The average Bonchev–Trinajstić information content (AvgIpc) is 3.27. The van der Waals surface area contributed by atoms with Gasteiger partial charge >= 0.3 is 0 Å². The van der Waals surface area contributed by atoms with Crippen molar-refractivity contribution < 1.29 is 9.53 Å². The Morgan fingerprint density at radius 1 is 1.41 bits per heavy atom. The van der Waals surface area contributed by atoms with Crippen LogP contribution in [0.3, 0.4) is 0 Å². The van der Waals surface area contributed by atoms with E-state index in [4.69, 9.17) is 4.74 Å². The fraction of sp³-hybridized carbons (Fsp3) is 0.375. The Morgan fingerprint density at radius 3 is 2.86 bits per heavy atom. The maximum absolute atomic E-state index is 11.8. The lowest BCUT2D eigenvalue weighted by Crippen LogP contribution is -2.27. The Morgan fingerprint density at radius 2 is 2.18 bits per heavy atom. The third kappa shape index (κ3) is 3.82. The summed E-state index contributed by atoms with van der Waals surface area (Å²) in [6, 6.07) is 7.76. The highest BCUT2D eigenvalue weighted by Gasteiger charge is 2.21. The molecule has 22 heavy (non-hydrogen) atoms.